The first-order valence-electron chi connectivity index (χ1n) is 5.46. The van der Waals surface area contributed by atoms with E-state index in [1.165, 1.54) is 26.2 Å². The Kier molecular flexibility index (Phi) is 3.07. The molecule has 0 radical (unpaired) electrons. The Morgan fingerprint density at radius 1 is 1.29 bits per heavy atom. The Labute approximate surface area is 86.4 Å². The fourth-order valence-corrected chi connectivity index (χ4v) is 2.13. The second-order valence-electron chi connectivity index (χ2n) is 4.23. The Balaban J connectivity index is 1.77. The van der Waals surface area contributed by atoms with E-state index in [0.29, 0.717) is 6.04 Å². The lowest BCUT2D eigenvalue weighted by Gasteiger charge is -2.44. The third kappa shape index (κ3) is 1.93. The smallest absolute Gasteiger partial charge is 0.0684 e. The standard InChI is InChI=1S/C11H19N3/c1-3-10(2)13-4-6-14(7-5-13)11-8-12-9-11/h1,10-12H,4-9H2,2H3. The lowest BCUT2D eigenvalue weighted by atomic mass is 10.1. The van der Waals surface area contributed by atoms with Crippen molar-refractivity contribution in [3.05, 3.63) is 0 Å². The maximum absolute atomic E-state index is 5.42. The van der Waals surface area contributed by atoms with E-state index < -0.39 is 0 Å². The molecular weight excluding hydrogens is 174 g/mol. The van der Waals surface area contributed by atoms with Gasteiger partial charge < -0.3 is 5.32 Å². The third-order valence-corrected chi connectivity index (χ3v) is 3.41. The first-order chi connectivity index (χ1) is 6.81. The molecule has 14 heavy (non-hydrogen) atoms. The van der Waals surface area contributed by atoms with Crippen molar-refractivity contribution in [2.75, 3.05) is 39.3 Å². The van der Waals surface area contributed by atoms with Gasteiger partial charge in [-0.05, 0) is 6.92 Å². The van der Waals surface area contributed by atoms with Gasteiger partial charge in [0.2, 0.25) is 0 Å². The van der Waals surface area contributed by atoms with Crippen LogP contribution in [0, 0.1) is 12.3 Å². The van der Waals surface area contributed by atoms with E-state index in [-0.39, 0.29) is 0 Å². The fraction of sp³-hybridized carbons (Fsp3) is 0.818. The van der Waals surface area contributed by atoms with E-state index in [2.05, 4.69) is 28.0 Å². The van der Waals surface area contributed by atoms with Crippen molar-refractivity contribution < 1.29 is 0 Å². The van der Waals surface area contributed by atoms with Crippen LogP contribution in [0.4, 0.5) is 0 Å². The zero-order chi connectivity index (χ0) is 9.97. The Bertz CT molecular complexity index is 221. The van der Waals surface area contributed by atoms with Gasteiger partial charge in [0, 0.05) is 45.3 Å². The topological polar surface area (TPSA) is 18.5 Å². The summed E-state index contributed by atoms with van der Waals surface area (Å²) < 4.78 is 0. The number of hydrogen-bond acceptors (Lipinski definition) is 3. The molecule has 2 aliphatic heterocycles. The highest BCUT2D eigenvalue weighted by molar-refractivity contribution is 4.99. The fourth-order valence-electron chi connectivity index (χ4n) is 2.13. The van der Waals surface area contributed by atoms with Gasteiger partial charge >= 0.3 is 0 Å². The van der Waals surface area contributed by atoms with Crippen LogP contribution in [-0.2, 0) is 0 Å². The van der Waals surface area contributed by atoms with Crippen LogP contribution in [0.15, 0.2) is 0 Å². The molecule has 1 atom stereocenters. The van der Waals surface area contributed by atoms with Gasteiger partial charge in [-0.1, -0.05) is 5.92 Å². The quantitative estimate of drug-likeness (QED) is 0.602. The van der Waals surface area contributed by atoms with Crippen LogP contribution >= 0.6 is 0 Å². The van der Waals surface area contributed by atoms with Gasteiger partial charge in [-0.15, -0.1) is 6.42 Å². The van der Waals surface area contributed by atoms with E-state index in [4.69, 9.17) is 6.42 Å². The van der Waals surface area contributed by atoms with Crippen molar-refractivity contribution in [3.63, 3.8) is 0 Å². The van der Waals surface area contributed by atoms with E-state index in [9.17, 15) is 0 Å². The minimum Gasteiger partial charge on any atom is -0.314 e. The van der Waals surface area contributed by atoms with Gasteiger partial charge in [-0.3, -0.25) is 9.80 Å². The van der Waals surface area contributed by atoms with E-state index in [0.717, 1.165) is 19.1 Å². The summed E-state index contributed by atoms with van der Waals surface area (Å²) in [7, 11) is 0. The third-order valence-electron chi connectivity index (χ3n) is 3.41. The molecule has 0 spiro atoms. The molecule has 0 amide bonds. The molecule has 1 N–H and O–H groups in total. The molecule has 0 bridgehead atoms. The summed E-state index contributed by atoms with van der Waals surface area (Å²) in [4.78, 5) is 4.97. The lowest BCUT2D eigenvalue weighted by molar-refractivity contribution is 0.0656. The molecule has 3 heteroatoms. The molecule has 0 aliphatic carbocycles. The average Bonchev–Trinajstić information content (AvgIpc) is 2.15. The molecule has 2 rings (SSSR count). The Morgan fingerprint density at radius 2 is 1.93 bits per heavy atom. The number of rotatable bonds is 2. The van der Waals surface area contributed by atoms with Crippen molar-refractivity contribution in [2.45, 2.75) is 19.0 Å². The summed E-state index contributed by atoms with van der Waals surface area (Å²) in [6, 6.07) is 1.09. The highest BCUT2D eigenvalue weighted by atomic mass is 15.3. The lowest BCUT2D eigenvalue weighted by Crippen LogP contribution is -2.62. The molecule has 2 heterocycles. The van der Waals surface area contributed by atoms with E-state index >= 15 is 0 Å². The number of nitrogens with one attached hydrogen (secondary N) is 1. The molecule has 2 aliphatic rings. The summed E-state index contributed by atoms with van der Waals surface area (Å²) in [5.74, 6) is 2.80. The SMILES string of the molecule is C#CC(C)N1CCN(C2CNC2)CC1. The summed E-state index contributed by atoms with van der Waals surface area (Å²) in [6.07, 6.45) is 5.42. The summed E-state index contributed by atoms with van der Waals surface area (Å²) in [5, 5.41) is 3.32. The molecule has 0 aromatic carbocycles. The molecule has 3 nitrogen and oxygen atoms in total. The Morgan fingerprint density at radius 3 is 2.36 bits per heavy atom. The number of nitrogens with zero attached hydrogens (tertiary/aromatic N) is 2. The second-order valence-corrected chi connectivity index (χ2v) is 4.23. The van der Waals surface area contributed by atoms with Gasteiger partial charge in [0.1, 0.15) is 0 Å². The molecule has 1 unspecified atom stereocenters. The average molecular weight is 193 g/mol. The van der Waals surface area contributed by atoms with Crippen molar-refractivity contribution in [1.29, 1.82) is 0 Å². The van der Waals surface area contributed by atoms with Gasteiger partial charge in [-0.2, -0.15) is 0 Å². The molecular formula is C11H19N3. The maximum Gasteiger partial charge on any atom is 0.0684 e. The highest BCUT2D eigenvalue weighted by Crippen LogP contribution is 2.11. The van der Waals surface area contributed by atoms with Crippen LogP contribution in [0.1, 0.15) is 6.92 Å². The van der Waals surface area contributed by atoms with Crippen molar-refractivity contribution in [2.24, 2.45) is 0 Å². The van der Waals surface area contributed by atoms with Crippen LogP contribution in [-0.4, -0.2) is 61.2 Å². The molecule has 2 saturated heterocycles. The second kappa shape index (κ2) is 4.31. The summed E-state index contributed by atoms with van der Waals surface area (Å²) in [6.45, 7) is 9.07. The monoisotopic (exact) mass is 193 g/mol. The molecule has 0 aromatic rings. The molecule has 78 valence electrons. The Hall–Kier alpha value is -0.560. The highest BCUT2D eigenvalue weighted by Gasteiger charge is 2.28. The zero-order valence-corrected chi connectivity index (χ0v) is 8.87. The first kappa shape index (κ1) is 9.97. The minimum absolute atomic E-state index is 0.302. The maximum atomic E-state index is 5.42. The van der Waals surface area contributed by atoms with Crippen LogP contribution < -0.4 is 5.32 Å². The molecule has 2 fully saturated rings. The van der Waals surface area contributed by atoms with E-state index in [1.54, 1.807) is 0 Å². The largest absolute Gasteiger partial charge is 0.314 e. The predicted molar refractivity (Wildman–Crippen MR) is 58.1 cm³/mol. The minimum atomic E-state index is 0.302. The van der Waals surface area contributed by atoms with E-state index in [1.807, 2.05) is 0 Å². The summed E-state index contributed by atoms with van der Waals surface area (Å²) in [5.41, 5.74) is 0. The molecule has 0 saturated carbocycles. The van der Waals surface area contributed by atoms with Crippen molar-refractivity contribution >= 4 is 0 Å². The van der Waals surface area contributed by atoms with Gasteiger partial charge in [0.05, 0.1) is 6.04 Å². The zero-order valence-electron chi connectivity index (χ0n) is 8.87. The number of hydrogen-bond donors (Lipinski definition) is 1. The van der Waals surface area contributed by atoms with Gasteiger partial charge in [-0.25, -0.2) is 0 Å². The normalized spacial score (nSPS) is 28.0. The van der Waals surface area contributed by atoms with Crippen LogP contribution in [0.25, 0.3) is 0 Å². The number of piperazine rings is 1. The van der Waals surface area contributed by atoms with Crippen molar-refractivity contribution in [3.8, 4) is 12.3 Å². The van der Waals surface area contributed by atoms with Crippen LogP contribution in [0.2, 0.25) is 0 Å². The van der Waals surface area contributed by atoms with Crippen molar-refractivity contribution in [1.82, 2.24) is 15.1 Å². The van der Waals surface area contributed by atoms with Gasteiger partial charge in [0.25, 0.3) is 0 Å². The molecule has 0 aromatic heterocycles. The summed E-state index contributed by atoms with van der Waals surface area (Å²) >= 11 is 0. The van der Waals surface area contributed by atoms with Crippen LogP contribution in [0.5, 0.6) is 0 Å². The predicted octanol–water partition coefficient (Wildman–Crippen LogP) is -0.402. The van der Waals surface area contributed by atoms with Crippen LogP contribution in [0.3, 0.4) is 0 Å². The van der Waals surface area contributed by atoms with Gasteiger partial charge in [0.15, 0.2) is 0 Å². The number of terminal acetylenes is 1. The first-order valence-corrected chi connectivity index (χ1v) is 5.46.